The summed E-state index contributed by atoms with van der Waals surface area (Å²) in [6.45, 7) is 6.61. The van der Waals surface area contributed by atoms with Crippen LogP contribution in [-0.2, 0) is 12.8 Å². The standard InChI is InChI=1S/C24H27F2N5O2S/c1-24(2,3)12-6-7-13-17(8-12)34-23(18(13)20(27)32)30-22(33)14-10-28-31-16(19(25)26)9-15(11-4-5-11)29-21(14)31/h9-12,19H,4-8H2,1-3H3,(H2,27,32)(H,30,33)/t12-/m1/s1. The molecule has 0 spiro atoms. The number of aromatic nitrogens is 3. The second-order valence-corrected chi connectivity index (χ2v) is 11.4. The highest BCUT2D eigenvalue weighted by Gasteiger charge is 2.34. The van der Waals surface area contributed by atoms with Crippen molar-refractivity contribution in [3.63, 3.8) is 0 Å². The van der Waals surface area contributed by atoms with Gasteiger partial charge < -0.3 is 11.1 Å². The van der Waals surface area contributed by atoms with Gasteiger partial charge in [-0.05, 0) is 55.1 Å². The van der Waals surface area contributed by atoms with Crippen LogP contribution in [0.3, 0.4) is 0 Å². The molecule has 2 aliphatic rings. The van der Waals surface area contributed by atoms with E-state index in [1.807, 2.05) is 0 Å². The van der Waals surface area contributed by atoms with Crippen LogP contribution in [-0.4, -0.2) is 26.4 Å². The number of thiophene rings is 1. The van der Waals surface area contributed by atoms with Crippen molar-refractivity contribution >= 4 is 33.8 Å². The van der Waals surface area contributed by atoms with Crippen molar-refractivity contribution in [3.8, 4) is 0 Å². The van der Waals surface area contributed by atoms with Crippen molar-refractivity contribution in [1.82, 2.24) is 14.6 Å². The number of alkyl halides is 2. The van der Waals surface area contributed by atoms with Crippen LogP contribution >= 0.6 is 11.3 Å². The van der Waals surface area contributed by atoms with E-state index in [0.717, 1.165) is 47.1 Å². The number of rotatable bonds is 5. The summed E-state index contributed by atoms with van der Waals surface area (Å²) in [4.78, 5) is 31.1. The molecule has 0 unspecified atom stereocenters. The van der Waals surface area contributed by atoms with Gasteiger partial charge in [-0.2, -0.15) is 5.10 Å². The maximum atomic E-state index is 13.7. The summed E-state index contributed by atoms with van der Waals surface area (Å²) in [5, 5.41) is 7.21. The highest BCUT2D eigenvalue weighted by atomic mass is 32.1. The number of primary amides is 1. The first-order valence-corrected chi connectivity index (χ1v) is 12.3. The fraction of sp³-hybridized carbons (Fsp3) is 0.500. The number of hydrogen-bond acceptors (Lipinski definition) is 5. The van der Waals surface area contributed by atoms with Crippen LogP contribution in [0.25, 0.3) is 5.65 Å². The molecule has 3 heterocycles. The van der Waals surface area contributed by atoms with Crippen LogP contribution in [0, 0.1) is 11.3 Å². The summed E-state index contributed by atoms with van der Waals surface area (Å²) in [5.74, 6) is -0.546. The van der Waals surface area contributed by atoms with Crippen molar-refractivity contribution in [2.75, 3.05) is 5.32 Å². The number of nitrogens with zero attached hydrogens (tertiary/aromatic N) is 3. The number of carbonyl (C=O) groups excluding carboxylic acids is 2. The molecule has 0 aliphatic heterocycles. The molecule has 3 aromatic rings. The van der Waals surface area contributed by atoms with E-state index in [9.17, 15) is 18.4 Å². The second-order valence-electron chi connectivity index (χ2n) is 10.3. The number of nitrogens with one attached hydrogen (secondary N) is 1. The molecule has 5 rings (SSSR count). The Morgan fingerprint density at radius 1 is 1.26 bits per heavy atom. The van der Waals surface area contributed by atoms with Gasteiger partial charge in [-0.25, -0.2) is 18.3 Å². The Balaban J connectivity index is 1.51. The van der Waals surface area contributed by atoms with Gasteiger partial charge in [0.15, 0.2) is 5.65 Å². The maximum Gasteiger partial charge on any atom is 0.280 e. The molecule has 1 saturated carbocycles. The minimum atomic E-state index is -2.75. The molecular formula is C24H27F2N5O2S. The Bertz CT molecular complexity index is 1300. The fourth-order valence-electron chi connectivity index (χ4n) is 4.75. The number of nitrogens with two attached hydrogens (primary N) is 1. The number of fused-ring (bicyclic) bond motifs is 2. The van der Waals surface area contributed by atoms with E-state index >= 15 is 0 Å². The van der Waals surface area contributed by atoms with Gasteiger partial charge in [-0.3, -0.25) is 9.59 Å². The smallest absolute Gasteiger partial charge is 0.280 e. The zero-order chi connectivity index (χ0) is 24.4. The maximum absolute atomic E-state index is 13.7. The second kappa shape index (κ2) is 8.11. The first-order valence-electron chi connectivity index (χ1n) is 11.5. The van der Waals surface area contributed by atoms with E-state index in [1.165, 1.54) is 23.6 Å². The zero-order valence-corrected chi connectivity index (χ0v) is 20.1. The molecule has 7 nitrogen and oxygen atoms in total. The molecular weight excluding hydrogens is 460 g/mol. The average Bonchev–Trinajstić information content (AvgIpc) is 3.41. The van der Waals surface area contributed by atoms with Crippen LogP contribution < -0.4 is 11.1 Å². The van der Waals surface area contributed by atoms with Gasteiger partial charge in [-0.15, -0.1) is 11.3 Å². The summed E-state index contributed by atoms with van der Waals surface area (Å²) < 4.78 is 28.4. The molecule has 1 atom stereocenters. The predicted molar refractivity (Wildman–Crippen MR) is 126 cm³/mol. The lowest BCUT2D eigenvalue weighted by atomic mass is 9.72. The van der Waals surface area contributed by atoms with Crippen molar-refractivity contribution in [2.45, 2.75) is 65.2 Å². The van der Waals surface area contributed by atoms with Crippen molar-refractivity contribution in [1.29, 1.82) is 0 Å². The zero-order valence-electron chi connectivity index (χ0n) is 19.3. The minimum Gasteiger partial charge on any atom is -0.365 e. The monoisotopic (exact) mass is 487 g/mol. The molecule has 1 fully saturated rings. The predicted octanol–water partition coefficient (Wildman–Crippen LogP) is 5.11. The molecule has 2 amide bonds. The minimum absolute atomic E-state index is 0.0822. The summed E-state index contributed by atoms with van der Waals surface area (Å²) in [6, 6.07) is 1.37. The Morgan fingerprint density at radius 3 is 2.62 bits per heavy atom. The number of anilines is 1. The van der Waals surface area contributed by atoms with E-state index < -0.39 is 18.2 Å². The van der Waals surface area contributed by atoms with Crippen molar-refractivity contribution in [2.24, 2.45) is 17.1 Å². The van der Waals surface area contributed by atoms with E-state index in [1.54, 1.807) is 0 Å². The third-order valence-electron chi connectivity index (χ3n) is 6.95. The molecule has 10 heteroatoms. The van der Waals surface area contributed by atoms with E-state index in [0.29, 0.717) is 22.2 Å². The molecule has 0 radical (unpaired) electrons. The lowest BCUT2D eigenvalue weighted by Gasteiger charge is -2.33. The van der Waals surface area contributed by atoms with Crippen LogP contribution in [0.15, 0.2) is 12.3 Å². The average molecular weight is 488 g/mol. The molecule has 180 valence electrons. The van der Waals surface area contributed by atoms with Crippen LogP contribution in [0.5, 0.6) is 0 Å². The normalized spacial score (nSPS) is 18.4. The third-order valence-corrected chi connectivity index (χ3v) is 8.12. The number of halogens is 2. The van der Waals surface area contributed by atoms with Gasteiger partial charge in [0.2, 0.25) is 0 Å². The Labute approximate surface area is 199 Å². The number of carbonyl (C=O) groups is 2. The van der Waals surface area contributed by atoms with Crippen molar-refractivity contribution in [3.05, 3.63) is 45.2 Å². The molecule has 34 heavy (non-hydrogen) atoms. The lowest BCUT2D eigenvalue weighted by molar-refractivity contribution is 0.1000. The molecule has 0 aromatic carbocycles. The van der Waals surface area contributed by atoms with Crippen LogP contribution in [0.1, 0.15) is 94.9 Å². The van der Waals surface area contributed by atoms with Crippen molar-refractivity contribution < 1.29 is 18.4 Å². The van der Waals surface area contributed by atoms with Gasteiger partial charge in [0.1, 0.15) is 16.3 Å². The Morgan fingerprint density at radius 2 is 2.00 bits per heavy atom. The summed E-state index contributed by atoms with van der Waals surface area (Å²) >= 11 is 1.37. The van der Waals surface area contributed by atoms with Crippen LogP contribution in [0.2, 0.25) is 0 Å². The van der Waals surface area contributed by atoms with Gasteiger partial charge in [0.25, 0.3) is 18.2 Å². The van der Waals surface area contributed by atoms with Gasteiger partial charge in [0, 0.05) is 16.5 Å². The molecule has 3 aromatic heterocycles. The van der Waals surface area contributed by atoms with Gasteiger partial charge in [0.05, 0.1) is 11.8 Å². The van der Waals surface area contributed by atoms with Crippen LogP contribution in [0.4, 0.5) is 13.8 Å². The van der Waals surface area contributed by atoms with E-state index in [-0.39, 0.29) is 28.2 Å². The number of hydrogen-bond donors (Lipinski definition) is 2. The fourth-order valence-corrected chi connectivity index (χ4v) is 6.08. The highest BCUT2D eigenvalue weighted by Crippen LogP contribution is 2.44. The SMILES string of the molecule is CC(C)(C)[C@@H]1CCc2c(sc(NC(=O)c3cnn4c(C(F)F)cc(C5CC5)nc34)c2C(N)=O)C1. The number of amides is 2. The highest BCUT2D eigenvalue weighted by molar-refractivity contribution is 7.17. The molecule has 0 saturated heterocycles. The van der Waals surface area contributed by atoms with Gasteiger partial charge >= 0.3 is 0 Å². The topological polar surface area (TPSA) is 102 Å². The van der Waals surface area contributed by atoms with Gasteiger partial charge in [-0.1, -0.05) is 20.8 Å². The quantitative estimate of drug-likeness (QED) is 0.522. The summed E-state index contributed by atoms with van der Waals surface area (Å²) in [7, 11) is 0. The summed E-state index contributed by atoms with van der Waals surface area (Å²) in [6.07, 6.45) is 2.76. The molecule has 0 bridgehead atoms. The first kappa shape index (κ1) is 22.9. The van der Waals surface area contributed by atoms with E-state index in [4.69, 9.17) is 5.73 Å². The Kier molecular flexibility index (Phi) is 5.46. The molecule has 2 aliphatic carbocycles. The third kappa shape index (κ3) is 3.97. The summed E-state index contributed by atoms with van der Waals surface area (Å²) in [5.41, 5.74) is 7.52. The molecule has 3 N–H and O–H groups in total. The Hall–Kier alpha value is -2.88. The van der Waals surface area contributed by atoms with E-state index in [2.05, 4.69) is 36.2 Å². The lowest BCUT2D eigenvalue weighted by Crippen LogP contribution is -2.27. The largest absolute Gasteiger partial charge is 0.365 e. The first-order chi connectivity index (χ1) is 16.0.